The number of hydrogen-bond donors (Lipinski definition) is 2. The first kappa shape index (κ1) is 25.5. The molecule has 1 saturated heterocycles. The van der Waals surface area contributed by atoms with Crippen LogP contribution < -0.4 is 5.32 Å². The summed E-state index contributed by atoms with van der Waals surface area (Å²) in [4.78, 5) is 24.2. The Labute approximate surface area is 210 Å². The van der Waals surface area contributed by atoms with Gasteiger partial charge in [0.2, 0.25) is 10.0 Å². The van der Waals surface area contributed by atoms with E-state index in [1.165, 1.54) is 22.3 Å². The van der Waals surface area contributed by atoms with Gasteiger partial charge in [-0.3, -0.25) is 0 Å². The second kappa shape index (κ2) is 11.0. The third-order valence-electron chi connectivity index (χ3n) is 6.52. The molecule has 2 aromatic rings. The zero-order chi connectivity index (χ0) is 25.0. The first-order valence-corrected chi connectivity index (χ1v) is 14.6. The standard InChI is InChI=1S/C25H30N2O6S2/c1-35(31,32)27-12-6-7-17(13-27)15-34-16-23(24(28)29)26-25(30)33-14-22-20-10-4-2-8-18(20)19-9-3-5-11-21(19)22/h2-5,8-11,17,22-23H,6-7,12-16H2,1H3,(H,26,30)(H,28,29). The minimum Gasteiger partial charge on any atom is -0.480 e. The molecule has 0 spiro atoms. The molecular weight excluding hydrogens is 488 g/mol. The minimum atomic E-state index is -3.22. The van der Waals surface area contributed by atoms with E-state index in [2.05, 4.69) is 5.32 Å². The third kappa shape index (κ3) is 6.17. The van der Waals surface area contributed by atoms with Gasteiger partial charge in [0.15, 0.2) is 0 Å². The lowest BCUT2D eigenvalue weighted by atomic mass is 9.98. The fourth-order valence-corrected chi connectivity index (χ4v) is 6.92. The number of benzene rings is 2. The number of hydrogen-bond acceptors (Lipinski definition) is 6. The molecule has 4 rings (SSSR count). The fourth-order valence-electron chi connectivity index (χ4n) is 4.77. The lowest BCUT2D eigenvalue weighted by Crippen LogP contribution is -2.43. The number of rotatable bonds is 9. The van der Waals surface area contributed by atoms with Crippen molar-refractivity contribution in [3.63, 3.8) is 0 Å². The minimum absolute atomic E-state index is 0.102. The summed E-state index contributed by atoms with van der Waals surface area (Å²) in [7, 11) is -3.22. The molecule has 1 fully saturated rings. The summed E-state index contributed by atoms with van der Waals surface area (Å²) in [5.41, 5.74) is 4.41. The van der Waals surface area contributed by atoms with E-state index < -0.39 is 28.1 Å². The Balaban J connectivity index is 1.29. The number of nitrogens with zero attached hydrogens (tertiary/aromatic N) is 1. The molecular formula is C25H30N2O6S2. The Morgan fingerprint density at radius 3 is 2.37 bits per heavy atom. The Bertz CT molecular complexity index is 1140. The third-order valence-corrected chi connectivity index (χ3v) is 9.07. The number of carboxylic acids is 1. The van der Waals surface area contributed by atoms with Crippen molar-refractivity contribution in [2.75, 3.05) is 37.5 Å². The number of thioether (sulfide) groups is 1. The number of aliphatic carboxylic acids is 1. The highest BCUT2D eigenvalue weighted by Crippen LogP contribution is 2.44. The molecule has 2 N–H and O–H groups in total. The molecule has 1 aliphatic heterocycles. The largest absolute Gasteiger partial charge is 0.480 e. The fraction of sp³-hybridized carbons (Fsp3) is 0.440. The van der Waals surface area contributed by atoms with Crippen LogP contribution in [0.1, 0.15) is 29.9 Å². The monoisotopic (exact) mass is 518 g/mol. The van der Waals surface area contributed by atoms with E-state index in [0.29, 0.717) is 18.8 Å². The molecule has 2 atom stereocenters. The number of carbonyl (C=O) groups is 2. The Morgan fingerprint density at radius 2 is 1.77 bits per heavy atom. The van der Waals surface area contributed by atoms with E-state index >= 15 is 0 Å². The van der Waals surface area contributed by atoms with Crippen molar-refractivity contribution in [1.29, 1.82) is 0 Å². The van der Waals surface area contributed by atoms with Crippen LogP contribution in [-0.2, 0) is 19.6 Å². The van der Waals surface area contributed by atoms with E-state index in [4.69, 9.17) is 4.74 Å². The number of nitrogens with one attached hydrogen (secondary N) is 1. The number of piperidine rings is 1. The summed E-state index contributed by atoms with van der Waals surface area (Å²) >= 11 is 1.40. The number of carboxylic acid groups (broad SMARTS) is 1. The number of fused-ring (bicyclic) bond motifs is 3. The van der Waals surface area contributed by atoms with Gasteiger partial charge < -0.3 is 15.2 Å². The van der Waals surface area contributed by atoms with E-state index in [-0.39, 0.29) is 24.2 Å². The number of ether oxygens (including phenoxy) is 1. The molecule has 1 aliphatic carbocycles. The molecule has 0 radical (unpaired) electrons. The van der Waals surface area contributed by atoms with Crippen molar-refractivity contribution in [1.82, 2.24) is 9.62 Å². The predicted octanol–water partition coefficient (Wildman–Crippen LogP) is 3.38. The highest BCUT2D eigenvalue weighted by molar-refractivity contribution is 7.99. The van der Waals surface area contributed by atoms with Gasteiger partial charge in [-0.15, -0.1) is 0 Å². The first-order chi connectivity index (χ1) is 16.7. The van der Waals surface area contributed by atoms with E-state index in [1.807, 2.05) is 48.5 Å². The number of alkyl carbamates (subject to hydrolysis) is 1. The predicted molar refractivity (Wildman–Crippen MR) is 136 cm³/mol. The smallest absolute Gasteiger partial charge is 0.407 e. The Hall–Kier alpha value is -2.56. The molecule has 2 aromatic carbocycles. The maximum atomic E-state index is 12.5. The summed E-state index contributed by atoms with van der Waals surface area (Å²) in [6.07, 6.45) is 2.14. The van der Waals surface area contributed by atoms with Crippen molar-refractivity contribution in [2.45, 2.75) is 24.8 Å². The van der Waals surface area contributed by atoms with Crippen LogP contribution in [0.25, 0.3) is 11.1 Å². The van der Waals surface area contributed by atoms with Crippen LogP contribution >= 0.6 is 11.8 Å². The quantitative estimate of drug-likeness (QED) is 0.523. The van der Waals surface area contributed by atoms with Crippen molar-refractivity contribution >= 4 is 33.8 Å². The zero-order valence-electron chi connectivity index (χ0n) is 19.6. The van der Waals surface area contributed by atoms with Gasteiger partial charge in [0.25, 0.3) is 0 Å². The summed E-state index contributed by atoms with van der Waals surface area (Å²) < 4.78 is 30.5. The number of sulfonamides is 1. The molecule has 188 valence electrons. The molecule has 1 heterocycles. The SMILES string of the molecule is CS(=O)(=O)N1CCCC(CSCC(NC(=O)OCC2c3ccccc3-c3ccccc32)C(=O)O)C1. The molecule has 0 bridgehead atoms. The molecule has 2 unspecified atom stereocenters. The molecule has 0 saturated carbocycles. The van der Waals surface area contributed by atoms with Gasteiger partial charge in [-0.05, 0) is 46.8 Å². The van der Waals surface area contributed by atoms with Gasteiger partial charge in [0.1, 0.15) is 12.6 Å². The molecule has 8 nitrogen and oxygen atoms in total. The van der Waals surface area contributed by atoms with E-state index in [0.717, 1.165) is 35.1 Å². The highest BCUT2D eigenvalue weighted by Gasteiger charge is 2.30. The molecule has 35 heavy (non-hydrogen) atoms. The first-order valence-electron chi connectivity index (χ1n) is 11.6. The van der Waals surface area contributed by atoms with Gasteiger partial charge >= 0.3 is 12.1 Å². The van der Waals surface area contributed by atoms with Crippen LogP contribution in [0.2, 0.25) is 0 Å². The second-order valence-electron chi connectivity index (χ2n) is 9.03. The van der Waals surface area contributed by atoms with Crippen LogP contribution in [0.3, 0.4) is 0 Å². The van der Waals surface area contributed by atoms with E-state index in [1.54, 1.807) is 0 Å². The lowest BCUT2D eigenvalue weighted by molar-refractivity contribution is -0.138. The average Bonchev–Trinajstić information content (AvgIpc) is 3.15. The van der Waals surface area contributed by atoms with Crippen molar-refractivity contribution in [3.05, 3.63) is 59.7 Å². The van der Waals surface area contributed by atoms with Gasteiger partial charge in [-0.25, -0.2) is 22.3 Å². The van der Waals surface area contributed by atoms with Gasteiger partial charge in [0, 0.05) is 24.8 Å². The number of carbonyl (C=O) groups excluding carboxylic acids is 1. The summed E-state index contributed by atoms with van der Waals surface area (Å²) in [6.45, 7) is 1.09. The molecule has 1 amide bonds. The van der Waals surface area contributed by atoms with Crippen LogP contribution in [0.4, 0.5) is 4.79 Å². The van der Waals surface area contributed by atoms with Crippen LogP contribution in [0.15, 0.2) is 48.5 Å². The Kier molecular flexibility index (Phi) is 8.03. The van der Waals surface area contributed by atoms with Crippen LogP contribution in [0.5, 0.6) is 0 Å². The molecule has 10 heteroatoms. The normalized spacial score (nSPS) is 18.9. The van der Waals surface area contributed by atoms with E-state index in [9.17, 15) is 23.1 Å². The number of amides is 1. The lowest BCUT2D eigenvalue weighted by Gasteiger charge is -2.30. The summed E-state index contributed by atoms with van der Waals surface area (Å²) in [5, 5.41) is 12.0. The van der Waals surface area contributed by atoms with Crippen molar-refractivity contribution in [2.24, 2.45) is 5.92 Å². The summed E-state index contributed by atoms with van der Waals surface area (Å²) in [6, 6.07) is 14.9. The van der Waals surface area contributed by atoms with Crippen LogP contribution in [0, 0.1) is 5.92 Å². The maximum Gasteiger partial charge on any atom is 0.407 e. The maximum absolute atomic E-state index is 12.5. The highest BCUT2D eigenvalue weighted by atomic mass is 32.2. The Morgan fingerprint density at radius 1 is 1.14 bits per heavy atom. The zero-order valence-corrected chi connectivity index (χ0v) is 21.2. The second-order valence-corrected chi connectivity index (χ2v) is 12.1. The molecule has 0 aromatic heterocycles. The summed E-state index contributed by atoms with van der Waals surface area (Å²) in [5.74, 6) is -0.272. The van der Waals surface area contributed by atoms with Crippen LogP contribution in [-0.4, -0.2) is 73.4 Å². The van der Waals surface area contributed by atoms with Crippen molar-refractivity contribution in [3.8, 4) is 11.1 Å². The topological polar surface area (TPSA) is 113 Å². The molecule has 2 aliphatic rings. The van der Waals surface area contributed by atoms with Gasteiger partial charge in [-0.2, -0.15) is 11.8 Å². The van der Waals surface area contributed by atoms with Gasteiger partial charge in [0.05, 0.1) is 6.26 Å². The van der Waals surface area contributed by atoms with Gasteiger partial charge in [-0.1, -0.05) is 48.5 Å². The van der Waals surface area contributed by atoms with Crippen molar-refractivity contribution < 1.29 is 27.9 Å². The average molecular weight is 519 g/mol.